The van der Waals surface area contributed by atoms with E-state index in [9.17, 15) is 4.79 Å². The molecule has 108 valence electrons. The van der Waals surface area contributed by atoms with E-state index in [0.717, 1.165) is 21.8 Å². The predicted octanol–water partition coefficient (Wildman–Crippen LogP) is 1.66. The van der Waals surface area contributed by atoms with E-state index in [2.05, 4.69) is 20.4 Å². The highest BCUT2D eigenvalue weighted by atomic mass is 32.1. The Morgan fingerprint density at radius 1 is 1.43 bits per heavy atom. The van der Waals surface area contributed by atoms with Gasteiger partial charge in [-0.3, -0.25) is 4.79 Å². The standard InChI is InChI=1S/C14H15N5OS/c1-9-12(10(2)19-14(18-9)16-8-17-19)6-13(20)15-7-11-4-3-5-21-11/h3-5,8H,6-7H2,1-2H3,(H,15,20). The van der Waals surface area contributed by atoms with Crippen LogP contribution in [0.5, 0.6) is 0 Å². The number of carbonyl (C=O) groups is 1. The van der Waals surface area contributed by atoms with E-state index in [1.807, 2.05) is 31.4 Å². The molecule has 0 saturated carbocycles. The molecule has 3 heterocycles. The van der Waals surface area contributed by atoms with Gasteiger partial charge < -0.3 is 5.32 Å². The van der Waals surface area contributed by atoms with E-state index in [4.69, 9.17) is 0 Å². The van der Waals surface area contributed by atoms with Crippen LogP contribution in [0.1, 0.15) is 21.8 Å². The second-order valence-electron chi connectivity index (χ2n) is 4.77. The normalized spacial score (nSPS) is 11.0. The van der Waals surface area contributed by atoms with Crippen LogP contribution in [-0.4, -0.2) is 25.5 Å². The molecule has 3 aromatic heterocycles. The van der Waals surface area contributed by atoms with Crippen molar-refractivity contribution in [1.82, 2.24) is 24.9 Å². The van der Waals surface area contributed by atoms with Crippen LogP contribution in [-0.2, 0) is 17.8 Å². The fourth-order valence-electron chi connectivity index (χ4n) is 2.23. The average molecular weight is 301 g/mol. The molecule has 1 amide bonds. The lowest BCUT2D eigenvalue weighted by molar-refractivity contribution is -0.120. The minimum Gasteiger partial charge on any atom is -0.351 e. The lowest BCUT2D eigenvalue weighted by atomic mass is 10.1. The summed E-state index contributed by atoms with van der Waals surface area (Å²) >= 11 is 1.63. The topological polar surface area (TPSA) is 72.2 Å². The maximum Gasteiger partial charge on any atom is 0.252 e. The summed E-state index contributed by atoms with van der Waals surface area (Å²) in [5, 5.41) is 9.05. The Hall–Kier alpha value is -2.28. The molecule has 0 aliphatic heterocycles. The maximum atomic E-state index is 12.1. The molecule has 0 saturated heterocycles. The van der Waals surface area contributed by atoms with E-state index in [-0.39, 0.29) is 5.91 Å². The number of nitrogens with one attached hydrogen (secondary N) is 1. The summed E-state index contributed by atoms with van der Waals surface area (Å²) in [6.45, 7) is 4.38. The van der Waals surface area contributed by atoms with Crippen LogP contribution in [0, 0.1) is 13.8 Å². The number of rotatable bonds is 4. The lowest BCUT2D eigenvalue weighted by Crippen LogP contribution is -2.25. The van der Waals surface area contributed by atoms with Crippen molar-refractivity contribution in [2.75, 3.05) is 0 Å². The number of aryl methyl sites for hydroxylation is 2. The van der Waals surface area contributed by atoms with Gasteiger partial charge in [0.2, 0.25) is 5.91 Å². The van der Waals surface area contributed by atoms with Crippen LogP contribution >= 0.6 is 11.3 Å². The molecule has 3 rings (SSSR count). The number of hydrogen-bond donors (Lipinski definition) is 1. The van der Waals surface area contributed by atoms with Gasteiger partial charge in [-0.2, -0.15) is 10.1 Å². The van der Waals surface area contributed by atoms with Crippen molar-refractivity contribution in [3.05, 3.63) is 45.7 Å². The van der Waals surface area contributed by atoms with Crippen molar-refractivity contribution in [3.8, 4) is 0 Å². The number of carbonyl (C=O) groups excluding carboxylic acids is 1. The molecule has 6 nitrogen and oxygen atoms in total. The molecular weight excluding hydrogens is 286 g/mol. The summed E-state index contributed by atoms with van der Waals surface area (Å²) in [5.41, 5.74) is 2.62. The van der Waals surface area contributed by atoms with Gasteiger partial charge in [0.05, 0.1) is 13.0 Å². The van der Waals surface area contributed by atoms with Gasteiger partial charge in [0.1, 0.15) is 6.33 Å². The van der Waals surface area contributed by atoms with Crippen molar-refractivity contribution >= 4 is 23.0 Å². The van der Waals surface area contributed by atoms with Gasteiger partial charge in [0.25, 0.3) is 5.78 Å². The molecule has 1 N–H and O–H groups in total. The Morgan fingerprint density at radius 2 is 2.29 bits per heavy atom. The third kappa shape index (κ3) is 2.78. The van der Waals surface area contributed by atoms with E-state index in [0.29, 0.717) is 18.7 Å². The Labute approximate surface area is 125 Å². The van der Waals surface area contributed by atoms with Crippen LogP contribution in [0.25, 0.3) is 5.78 Å². The highest BCUT2D eigenvalue weighted by Crippen LogP contribution is 2.14. The molecule has 0 aliphatic rings. The number of amides is 1. The minimum atomic E-state index is -0.0177. The largest absolute Gasteiger partial charge is 0.351 e. The second-order valence-corrected chi connectivity index (χ2v) is 5.80. The van der Waals surface area contributed by atoms with Crippen LogP contribution in [0.2, 0.25) is 0 Å². The summed E-state index contributed by atoms with van der Waals surface area (Å²) in [6, 6.07) is 3.98. The van der Waals surface area contributed by atoms with Gasteiger partial charge in [0.15, 0.2) is 0 Å². The summed E-state index contributed by atoms with van der Waals surface area (Å²) in [5.74, 6) is 0.545. The summed E-state index contributed by atoms with van der Waals surface area (Å²) in [6.07, 6.45) is 1.77. The van der Waals surface area contributed by atoms with E-state index in [1.54, 1.807) is 15.9 Å². The molecule has 0 aliphatic carbocycles. The molecule has 7 heteroatoms. The zero-order valence-electron chi connectivity index (χ0n) is 11.8. The fourth-order valence-corrected chi connectivity index (χ4v) is 2.88. The highest BCUT2D eigenvalue weighted by Gasteiger charge is 2.14. The second kappa shape index (κ2) is 5.61. The first-order chi connectivity index (χ1) is 10.1. The molecule has 21 heavy (non-hydrogen) atoms. The summed E-state index contributed by atoms with van der Waals surface area (Å²) in [4.78, 5) is 21.7. The van der Waals surface area contributed by atoms with Crippen molar-refractivity contribution in [3.63, 3.8) is 0 Å². The molecular formula is C14H15N5OS. The summed E-state index contributed by atoms with van der Waals surface area (Å²) in [7, 11) is 0. The predicted molar refractivity (Wildman–Crippen MR) is 80.1 cm³/mol. The van der Waals surface area contributed by atoms with Gasteiger partial charge >= 0.3 is 0 Å². The molecule has 0 spiro atoms. The minimum absolute atomic E-state index is 0.0177. The highest BCUT2D eigenvalue weighted by molar-refractivity contribution is 7.09. The van der Waals surface area contributed by atoms with E-state index >= 15 is 0 Å². The number of hydrogen-bond acceptors (Lipinski definition) is 5. The molecule has 0 bridgehead atoms. The number of fused-ring (bicyclic) bond motifs is 1. The first-order valence-corrected chi connectivity index (χ1v) is 7.48. The molecule has 0 radical (unpaired) electrons. The Balaban J connectivity index is 1.76. The zero-order valence-corrected chi connectivity index (χ0v) is 12.6. The Morgan fingerprint density at radius 3 is 3.05 bits per heavy atom. The molecule has 0 atom stereocenters. The van der Waals surface area contributed by atoms with Crippen LogP contribution in [0.4, 0.5) is 0 Å². The Kier molecular flexibility index (Phi) is 3.66. The smallest absolute Gasteiger partial charge is 0.252 e. The van der Waals surface area contributed by atoms with Crippen molar-refractivity contribution in [2.45, 2.75) is 26.8 Å². The van der Waals surface area contributed by atoms with Crippen molar-refractivity contribution < 1.29 is 4.79 Å². The third-order valence-electron chi connectivity index (χ3n) is 3.37. The zero-order chi connectivity index (χ0) is 14.8. The quantitative estimate of drug-likeness (QED) is 0.795. The third-order valence-corrected chi connectivity index (χ3v) is 4.24. The summed E-state index contributed by atoms with van der Waals surface area (Å²) < 4.78 is 1.66. The fraction of sp³-hybridized carbons (Fsp3) is 0.286. The van der Waals surface area contributed by atoms with Crippen LogP contribution < -0.4 is 5.32 Å². The molecule has 3 aromatic rings. The van der Waals surface area contributed by atoms with Gasteiger partial charge in [-0.15, -0.1) is 11.3 Å². The first-order valence-electron chi connectivity index (χ1n) is 6.60. The number of nitrogens with zero attached hydrogens (tertiary/aromatic N) is 4. The molecule has 0 unspecified atom stereocenters. The van der Waals surface area contributed by atoms with E-state index in [1.165, 1.54) is 6.33 Å². The Bertz CT molecular complexity index is 778. The van der Waals surface area contributed by atoms with Gasteiger partial charge in [-0.1, -0.05) is 6.07 Å². The lowest BCUT2D eigenvalue weighted by Gasteiger charge is -2.10. The number of aromatic nitrogens is 4. The average Bonchev–Trinajstić information content (AvgIpc) is 3.12. The monoisotopic (exact) mass is 301 g/mol. The van der Waals surface area contributed by atoms with Crippen LogP contribution in [0.3, 0.4) is 0 Å². The molecule has 0 aromatic carbocycles. The van der Waals surface area contributed by atoms with E-state index < -0.39 is 0 Å². The van der Waals surface area contributed by atoms with Crippen molar-refractivity contribution in [1.29, 1.82) is 0 Å². The molecule has 0 fully saturated rings. The van der Waals surface area contributed by atoms with Crippen molar-refractivity contribution in [2.24, 2.45) is 0 Å². The SMILES string of the molecule is Cc1nc2ncnn2c(C)c1CC(=O)NCc1cccs1. The maximum absolute atomic E-state index is 12.1. The van der Waals surface area contributed by atoms with Gasteiger partial charge in [0, 0.05) is 21.8 Å². The first kappa shape index (κ1) is 13.7. The van der Waals surface area contributed by atoms with Gasteiger partial charge in [-0.05, 0) is 25.3 Å². The number of thiophene rings is 1. The van der Waals surface area contributed by atoms with Crippen LogP contribution in [0.15, 0.2) is 23.8 Å². The van der Waals surface area contributed by atoms with Gasteiger partial charge in [-0.25, -0.2) is 9.50 Å².